The molecule has 0 spiro atoms. The van der Waals surface area contributed by atoms with Gasteiger partial charge in [0.15, 0.2) is 0 Å². The Morgan fingerprint density at radius 1 is 1.12 bits per heavy atom. The lowest BCUT2D eigenvalue weighted by molar-refractivity contribution is -0.137. The van der Waals surface area contributed by atoms with Gasteiger partial charge in [0.25, 0.3) is 0 Å². The number of alkyl halides is 3. The molecule has 4 rings (SSSR count). The number of hydrogen-bond acceptors (Lipinski definition) is 4. The van der Waals surface area contributed by atoms with E-state index in [0.717, 1.165) is 41.1 Å². The minimum atomic E-state index is -4.37. The number of fused-ring (bicyclic) bond motifs is 1. The number of hydrogen-bond donors (Lipinski definition) is 1. The standard InChI is InChI=1S/C24H21F3N2O3/c1-15-18(5-9-21(28-15)16-2-6-19(7-3-16)24(25,26)27)14-32-20-8-4-17-10-11-29(13-23(30)31)22(17)12-20/h2-9,12H,10-11,13-14H2,1H3,(H,30,31). The third-order valence-electron chi connectivity index (χ3n) is 5.47. The van der Waals surface area contributed by atoms with Gasteiger partial charge in [-0.3, -0.25) is 9.78 Å². The fourth-order valence-electron chi connectivity index (χ4n) is 3.74. The SMILES string of the molecule is Cc1nc(-c2ccc(C(F)(F)F)cc2)ccc1COc1ccc2c(c1)N(CC(=O)O)CC2. The van der Waals surface area contributed by atoms with E-state index >= 15 is 0 Å². The summed E-state index contributed by atoms with van der Waals surface area (Å²) in [5.74, 6) is -0.244. The molecule has 0 saturated heterocycles. The van der Waals surface area contributed by atoms with E-state index in [1.807, 2.05) is 36.1 Å². The number of pyridine rings is 1. The zero-order valence-electron chi connectivity index (χ0n) is 17.3. The third kappa shape index (κ3) is 4.69. The van der Waals surface area contributed by atoms with E-state index in [9.17, 15) is 18.0 Å². The summed E-state index contributed by atoms with van der Waals surface area (Å²) >= 11 is 0. The molecule has 0 fully saturated rings. The first kappa shape index (κ1) is 21.7. The summed E-state index contributed by atoms with van der Waals surface area (Å²) in [7, 11) is 0. The predicted molar refractivity (Wildman–Crippen MR) is 114 cm³/mol. The molecule has 0 atom stereocenters. The Balaban J connectivity index is 1.45. The Morgan fingerprint density at radius 2 is 1.88 bits per heavy atom. The highest BCUT2D eigenvalue weighted by Crippen LogP contribution is 2.33. The molecule has 0 radical (unpaired) electrons. The van der Waals surface area contributed by atoms with Crippen LogP contribution in [0.4, 0.5) is 18.9 Å². The number of aromatic nitrogens is 1. The lowest BCUT2D eigenvalue weighted by Crippen LogP contribution is -2.27. The van der Waals surface area contributed by atoms with Crippen molar-refractivity contribution in [2.75, 3.05) is 18.0 Å². The van der Waals surface area contributed by atoms with Crippen LogP contribution in [0.3, 0.4) is 0 Å². The van der Waals surface area contributed by atoms with Crippen LogP contribution in [0.15, 0.2) is 54.6 Å². The molecule has 0 aliphatic carbocycles. The highest BCUT2D eigenvalue weighted by molar-refractivity contribution is 5.76. The minimum absolute atomic E-state index is 0.0507. The molecule has 1 aliphatic rings. The molecule has 5 nitrogen and oxygen atoms in total. The largest absolute Gasteiger partial charge is 0.489 e. The van der Waals surface area contributed by atoms with Gasteiger partial charge in [0.1, 0.15) is 18.9 Å². The second-order valence-electron chi connectivity index (χ2n) is 7.66. The van der Waals surface area contributed by atoms with Crippen molar-refractivity contribution < 1.29 is 27.8 Å². The molecule has 3 aromatic rings. The first-order chi connectivity index (χ1) is 15.2. The Morgan fingerprint density at radius 3 is 2.53 bits per heavy atom. The number of benzene rings is 2. The van der Waals surface area contributed by atoms with E-state index in [0.29, 0.717) is 23.6 Å². The zero-order valence-corrected chi connectivity index (χ0v) is 17.3. The van der Waals surface area contributed by atoms with Gasteiger partial charge >= 0.3 is 12.1 Å². The van der Waals surface area contributed by atoms with Crippen molar-refractivity contribution in [1.82, 2.24) is 4.98 Å². The van der Waals surface area contributed by atoms with Crippen molar-refractivity contribution in [3.63, 3.8) is 0 Å². The van der Waals surface area contributed by atoms with Crippen LogP contribution >= 0.6 is 0 Å². The number of nitrogens with zero attached hydrogens (tertiary/aromatic N) is 2. The van der Waals surface area contributed by atoms with Gasteiger partial charge in [-0.1, -0.05) is 24.3 Å². The quantitative estimate of drug-likeness (QED) is 0.575. The van der Waals surface area contributed by atoms with E-state index in [2.05, 4.69) is 4.98 Å². The van der Waals surface area contributed by atoms with E-state index in [1.54, 1.807) is 6.07 Å². The fraction of sp³-hybridized carbons (Fsp3) is 0.250. The van der Waals surface area contributed by atoms with Gasteiger partial charge in [0, 0.05) is 35.1 Å². The summed E-state index contributed by atoms with van der Waals surface area (Å²) in [6.07, 6.45) is -3.57. The maximum atomic E-state index is 12.8. The third-order valence-corrected chi connectivity index (χ3v) is 5.47. The van der Waals surface area contributed by atoms with Crippen LogP contribution in [0.5, 0.6) is 5.75 Å². The molecule has 2 heterocycles. The maximum Gasteiger partial charge on any atom is 0.416 e. The number of aliphatic carboxylic acids is 1. The first-order valence-electron chi connectivity index (χ1n) is 10.1. The normalized spacial score (nSPS) is 13.2. The summed E-state index contributed by atoms with van der Waals surface area (Å²) in [5, 5.41) is 9.08. The number of carbonyl (C=O) groups is 1. The molecular weight excluding hydrogens is 421 g/mol. The van der Waals surface area contributed by atoms with Gasteiger partial charge in [0.05, 0.1) is 11.3 Å². The van der Waals surface area contributed by atoms with E-state index in [1.165, 1.54) is 12.1 Å². The van der Waals surface area contributed by atoms with Gasteiger partial charge in [-0.15, -0.1) is 0 Å². The molecule has 0 amide bonds. The first-order valence-corrected chi connectivity index (χ1v) is 10.1. The minimum Gasteiger partial charge on any atom is -0.489 e. The summed E-state index contributed by atoms with van der Waals surface area (Å²) in [6.45, 7) is 2.71. The molecule has 8 heteroatoms. The smallest absolute Gasteiger partial charge is 0.416 e. The maximum absolute atomic E-state index is 12.8. The van der Waals surface area contributed by atoms with Crippen LogP contribution < -0.4 is 9.64 Å². The van der Waals surface area contributed by atoms with Crippen LogP contribution in [0.1, 0.15) is 22.4 Å². The molecule has 0 saturated carbocycles. The molecule has 32 heavy (non-hydrogen) atoms. The Kier molecular flexibility index (Phi) is 5.78. The van der Waals surface area contributed by atoms with Gasteiger partial charge in [-0.2, -0.15) is 13.2 Å². The van der Waals surface area contributed by atoms with E-state index in [4.69, 9.17) is 9.84 Å². The monoisotopic (exact) mass is 442 g/mol. The molecule has 0 bridgehead atoms. The van der Waals surface area contributed by atoms with E-state index < -0.39 is 17.7 Å². The van der Waals surface area contributed by atoms with Crippen LogP contribution in [-0.2, 0) is 24.0 Å². The Hall–Kier alpha value is -3.55. The molecule has 1 aromatic heterocycles. The molecule has 1 aliphatic heterocycles. The van der Waals surface area contributed by atoms with Crippen molar-refractivity contribution in [3.05, 3.63) is 77.0 Å². The van der Waals surface area contributed by atoms with Gasteiger partial charge in [-0.05, 0) is 43.2 Å². The van der Waals surface area contributed by atoms with E-state index in [-0.39, 0.29) is 13.2 Å². The van der Waals surface area contributed by atoms with Crippen molar-refractivity contribution in [3.8, 4) is 17.0 Å². The predicted octanol–water partition coefficient (Wildman–Crippen LogP) is 5.10. The average molecular weight is 442 g/mol. The number of ether oxygens (including phenoxy) is 1. The lowest BCUT2D eigenvalue weighted by Gasteiger charge is -2.17. The van der Waals surface area contributed by atoms with Crippen molar-refractivity contribution in [1.29, 1.82) is 0 Å². The molecule has 2 aromatic carbocycles. The molecule has 0 unspecified atom stereocenters. The van der Waals surface area contributed by atoms with Gasteiger partial charge in [0.2, 0.25) is 0 Å². The second-order valence-corrected chi connectivity index (χ2v) is 7.66. The van der Waals surface area contributed by atoms with Crippen molar-refractivity contribution >= 4 is 11.7 Å². The zero-order chi connectivity index (χ0) is 22.9. The lowest BCUT2D eigenvalue weighted by atomic mass is 10.1. The van der Waals surface area contributed by atoms with Crippen LogP contribution in [-0.4, -0.2) is 29.1 Å². The number of carboxylic acids is 1. The number of carboxylic acid groups (broad SMARTS) is 1. The molecule has 1 N–H and O–H groups in total. The second kappa shape index (κ2) is 8.53. The average Bonchev–Trinajstić information content (AvgIpc) is 3.14. The number of rotatable bonds is 6. The molecular formula is C24H21F3N2O3. The van der Waals surface area contributed by atoms with Crippen molar-refractivity contribution in [2.24, 2.45) is 0 Å². The number of anilines is 1. The van der Waals surface area contributed by atoms with Crippen LogP contribution in [0, 0.1) is 6.92 Å². The number of halogens is 3. The van der Waals surface area contributed by atoms with Gasteiger partial charge in [-0.25, -0.2) is 0 Å². The Bertz CT molecular complexity index is 1140. The van der Waals surface area contributed by atoms with Crippen molar-refractivity contribution in [2.45, 2.75) is 26.1 Å². The fourth-order valence-corrected chi connectivity index (χ4v) is 3.74. The highest BCUT2D eigenvalue weighted by atomic mass is 19.4. The topological polar surface area (TPSA) is 62.7 Å². The van der Waals surface area contributed by atoms with Crippen LogP contribution in [0.2, 0.25) is 0 Å². The summed E-state index contributed by atoms with van der Waals surface area (Å²) in [4.78, 5) is 17.4. The summed E-state index contributed by atoms with van der Waals surface area (Å²) in [6, 6.07) is 14.2. The number of aryl methyl sites for hydroxylation is 1. The van der Waals surface area contributed by atoms with Gasteiger partial charge < -0.3 is 14.7 Å². The summed E-state index contributed by atoms with van der Waals surface area (Å²) < 4.78 is 44.2. The highest BCUT2D eigenvalue weighted by Gasteiger charge is 2.30. The Labute approximate surface area is 183 Å². The molecule has 166 valence electrons. The summed E-state index contributed by atoms with van der Waals surface area (Å²) in [5.41, 5.74) is 4.03. The van der Waals surface area contributed by atoms with Crippen LogP contribution in [0.25, 0.3) is 11.3 Å².